The molecule has 0 bridgehead atoms. The van der Waals surface area contributed by atoms with E-state index in [2.05, 4.69) is 19.9 Å². The van der Waals surface area contributed by atoms with Crippen LogP contribution in [0.1, 0.15) is 59.3 Å². The van der Waals surface area contributed by atoms with Crippen LogP contribution in [0.2, 0.25) is 0 Å². The predicted octanol–water partition coefficient (Wildman–Crippen LogP) is 3.67. The minimum Gasteiger partial charge on any atom is -0.389 e. The number of aliphatic hydroxyl groups excluding tert-OH is 1. The molecule has 0 aliphatic rings. The number of allylic oxidation sites excluding steroid dienone is 1. The minimum absolute atomic E-state index is 0.197. The van der Waals surface area contributed by atoms with E-state index >= 15 is 0 Å². The van der Waals surface area contributed by atoms with Crippen molar-refractivity contribution in [3.63, 3.8) is 0 Å². The van der Waals surface area contributed by atoms with Crippen LogP contribution in [0.5, 0.6) is 0 Å². The fourth-order valence-corrected chi connectivity index (χ4v) is 1.45. The molecular formula is C12H24O. The first kappa shape index (κ1) is 12.7. The summed E-state index contributed by atoms with van der Waals surface area (Å²) in [6.45, 7) is 6.33. The molecule has 0 aromatic heterocycles. The molecule has 0 aliphatic carbocycles. The van der Waals surface area contributed by atoms with E-state index in [0.717, 1.165) is 24.8 Å². The molecule has 0 aromatic rings. The first-order valence-corrected chi connectivity index (χ1v) is 5.57. The second kappa shape index (κ2) is 8.31. The molecule has 0 fully saturated rings. The highest BCUT2D eigenvalue weighted by Gasteiger charge is 2.04. The van der Waals surface area contributed by atoms with Gasteiger partial charge in [0, 0.05) is 0 Å². The van der Waals surface area contributed by atoms with Crippen molar-refractivity contribution in [2.24, 2.45) is 0 Å². The van der Waals surface area contributed by atoms with Gasteiger partial charge < -0.3 is 5.11 Å². The van der Waals surface area contributed by atoms with Gasteiger partial charge in [-0.1, -0.05) is 45.6 Å². The van der Waals surface area contributed by atoms with Crippen LogP contribution in [0.4, 0.5) is 0 Å². The third kappa shape index (κ3) is 6.83. The minimum atomic E-state index is -0.197. The average molecular weight is 184 g/mol. The maximum atomic E-state index is 9.68. The molecule has 0 aliphatic heterocycles. The summed E-state index contributed by atoms with van der Waals surface area (Å²) in [6, 6.07) is 0. The van der Waals surface area contributed by atoms with Gasteiger partial charge in [-0.3, -0.25) is 0 Å². The summed E-state index contributed by atoms with van der Waals surface area (Å²) in [7, 11) is 0. The summed E-state index contributed by atoms with van der Waals surface area (Å²) in [5, 5.41) is 9.68. The van der Waals surface area contributed by atoms with Gasteiger partial charge in [-0.25, -0.2) is 0 Å². The van der Waals surface area contributed by atoms with Crippen molar-refractivity contribution in [3.05, 3.63) is 11.6 Å². The molecule has 1 nitrogen and oxygen atoms in total. The van der Waals surface area contributed by atoms with Crippen molar-refractivity contribution in [1.82, 2.24) is 0 Å². The fraction of sp³-hybridized carbons (Fsp3) is 0.833. The molecule has 78 valence electrons. The molecule has 0 aromatic carbocycles. The Morgan fingerprint density at radius 1 is 1.23 bits per heavy atom. The molecule has 0 amide bonds. The number of aliphatic hydroxyl groups is 1. The fourth-order valence-electron chi connectivity index (χ4n) is 1.45. The van der Waals surface area contributed by atoms with E-state index in [4.69, 9.17) is 0 Å². The Balaban J connectivity index is 3.49. The zero-order chi connectivity index (χ0) is 10.1. The molecule has 0 saturated carbocycles. The highest BCUT2D eigenvalue weighted by Crippen LogP contribution is 2.11. The largest absolute Gasteiger partial charge is 0.389 e. The first-order chi connectivity index (χ1) is 6.22. The summed E-state index contributed by atoms with van der Waals surface area (Å²) < 4.78 is 0. The van der Waals surface area contributed by atoms with E-state index in [1.807, 2.05) is 6.92 Å². The van der Waals surface area contributed by atoms with E-state index in [1.54, 1.807) is 0 Å². The van der Waals surface area contributed by atoms with Crippen molar-refractivity contribution in [3.8, 4) is 0 Å². The normalized spacial score (nSPS) is 14.6. The molecule has 1 unspecified atom stereocenters. The maximum Gasteiger partial charge on any atom is 0.0747 e. The Bertz CT molecular complexity index is 138. The van der Waals surface area contributed by atoms with Crippen molar-refractivity contribution in [2.45, 2.75) is 65.4 Å². The Morgan fingerprint density at radius 2 is 1.92 bits per heavy atom. The van der Waals surface area contributed by atoms with Crippen LogP contribution in [-0.2, 0) is 0 Å². The molecule has 0 saturated heterocycles. The summed E-state index contributed by atoms with van der Waals surface area (Å²) in [6.07, 6.45) is 8.85. The van der Waals surface area contributed by atoms with Crippen LogP contribution in [0.3, 0.4) is 0 Å². The molecule has 1 atom stereocenters. The maximum absolute atomic E-state index is 9.68. The van der Waals surface area contributed by atoms with Gasteiger partial charge in [-0.05, 0) is 25.3 Å². The van der Waals surface area contributed by atoms with E-state index < -0.39 is 0 Å². The lowest BCUT2D eigenvalue weighted by atomic mass is 10.0. The molecular weight excluding hydrogens is 160 g/mol. The molecule has 1 N–H and O–H groups in total. The van der Waals surface area contributed by atoms with Gasteiger partial charge in [0.05, 0.1) is 6.10 Å². The van der Waals surface area contributed by atoms with Crippen LogP contribution in [0, 0.1) is 0 Å². The van der Waals surface area contributed by atoms with Crippen LogP contribution in [-0.4, -0.2) is 11.2 Å². The monoisotopic (exact) mass is 184 g/mol. The van der Waals surface area contributed by atoms with Crippen molar-refractivity contribution in [2.75, 3.05) is 0 Å². The molecule has 0 heterocycles. The van der Waals surface area contributed by atoms with Crippen LogP contribution in [0.15, 0.2) is 11.6 Å². The average Bonchev–Trinajstić information content (AvgIpc) is 2.12. The molecule has 0 spiro atoms. The Kier molecular flexibility index (Phi) is 8.11. The number of rotatable bonds is 7. The second-order valence-corrected chi connectivity index (χ2v) is 3.72. The van der Waals surface area contributed by atoms with E-state index in [0.29, 0.717) is 0 Å². The van der Waals surface area contributed by atoms with Gasteiger partial charge in [0.25, 0.3) is 0 Å². The van der Waals surface area contributed by atoms with E-state index in [9.17, 15) is 5.11 Å². The van der Waals surface area contributed by atoms with Gasteiger partial charge in [0.1, 0.15) is 0 Å². The number of hydrogen-bond acceptors (Lipinski definition) is 1. The van der Waals surface area contributed by atoms with E-state index in [-0.39, 0.29) is 6.10 Å². The first-order valence-electron chi connectivity index (χ1n) is 5.57. The number of hydrogen-bond donors (Lipinski definition) is 1. The topological polar surface area (TPSA) is 20.2 Å². The second-order valence-electron chi connectivity index (χ2n) is 3.72. The molecule has 0 rings (SSSR count). The highest BCUT2D eigenvalue weighted by atomic mass is 16.3. The van der Waals surface area contributed by atoms with Crippen LogP contribution >= 0.6 is 0 Å². The quantitative estimate of drug-likeness (QED) is 0.473. The third-order valence-electron chi connectivity index (χ3n) is 2.38. The summed E-state index contributed by atoms with van der Waals surface area (Å²) in [5.41, 5.74) is 1.14. The van der Waals surface area contributed by atoms with Gasteiger partial charge in [0.15, 0.2) is 0 Å². The zero-order valence-electron chi connectivity index (χ0n) is 9.34. The third-order valence-corrected chi connectivity index (χ3v) is 2.38. The Hall–Kier alpha value is -0.300. The Labute approximate surface area is 82.9 Å². The smallest absolute Gasteiger partial charge is 0.0747 e. The van der Waals surface area contributed by atoms with E-state index in [1.165, 1.54) is 19.3 Å². The van der Waals surface area contributed by atoms with Crippen LogP contribution < -0.4 is 0 Å². The molecule has 13 heavy (non-hydrogen) atoms. The van der Waals surface area contributed by atoms with Crippen LogP contribution in [0.25, 0.3) is 0 Å². The standard InChI is InChI=1S/C12H24O/c1-4-6-7-8-10-12(13)11(3)9-5-2/h9,12-13H,4-8,10H2,1-3H3. The van der Waals surface area contributed by atoms with Gasteiger partial charge in [-0.15, -0.1) is 0 Å². The van der Waals surface area contributed by atoms with Gasteiger partial charge in [-0.2, -0.15) is 0 Å². The van der Waals surface area contributed by atoms with Crippen molar-refractivity contribution < 1.29 is 5.11 Å². The lowest BCUT2D eigenvalue weighted by Crippen LogP contribution is -2.07. The zero-order valence-corrected chi connectivity index (χ0v) is 9.34. The summed E-state index contributed by atoms with van der Waals surface area (Å²) >= 11 is 0. The van der Waals surface area contributed by atoms with Gasteiger partial charge in [0.2, 0.25) is 0 Å². The molecule has 1 heteroatoms. The van der Waals surface area contributed by atoms with Crippen molar-refractivity contribution >= 4 is 0 Å². The van der Waals surface area contributed by atoms with Crippen molar-refractivity contribution in [1.29, 1.82) is 0 Å². The number of unbranched alkanes of at least 4 members (excludes halogenated alkanes) is 3. The highest BCUT2D eigenvalue weighted by molar-refractivity contribution is 5.03. The lowest BCUT2D eigenvalue weighted by molar-refractivity contribution is 0.195. The predicted molar refractivity (Wildman–Crippen MR) is 58.8 cm³/mol. The summed E-state index contributed by atoms with van der Waals surface area (Å²) in [5.74, 6) is 0. The van der Waals surface area contributed by atoms with Gasteiger partial charge >= 0.3 is 0 Å². The lowest BCUT2D eigenvalue weighted by Gasteiger charge is -2.10. The summed E-state index contributed by atoms with van der Waals surface area (Å²) in [4.78, 5) is 0. The SMILES string of the molecule is CCC=C(C)C(O)CCCCCC. The Morgan fingerprint density at radius 3 is 2.46 bits per heavy atom. The molecule has 0 radical (unpaired) electrons.